The molecule has 6 heteroatoms. The van der Waals surface area contributed by atoms with Crippen LogP contribution in [-0.4, -0.2) is 40.2 Å². The van der Waals surface area contributed by atoms with Gasteiger partial charge in [-0.2, -0.15) is 0 Å². The SMILES string of the molecule is CC(C)(C)OC(=O)C(Oc1cncc(CCc2ccncc2)c1)[C@@H]1CCN1. The Balaban J connectivity index is 1.66. The lowest BCUT2D eigenvalue weighted by atomic mass is 10.0. The van der Waals surface area contributed by atoms with Crippen molar-refractivity contribution in [1.29, 1.82) is 0 Å². The molecule has 2 aromatic heterocycles. The maximum atomic E-state index is 12.6. The van der Waals surface area contributed by atoms with Crippen molar-refractivity contribution in [2.75, 3.05) is 6.54 Å². The first kappa shape index (κ1) is 19.3. The number of rotatable bonds is 7. The largest absolute Gasteiger partial charge is 0.475 e. The van der Waals surface area contributed by atoms with Crippen molar-refractivity contribution in [3.8, 4) is 5.75 Å². The Kier molecular flexibility index (Phi) is 6.06. The maximum absolute atomic E-state index is 12.6. The molecule has 1 N–H and O–H groups in total. The van der Waals surface area contributed by atoms with Crippen LogP contribution in [-0.2, 0) is 22.4 Å². The van der Waals surface area contributed by atoms with E-state index >= 15 is 0 Å². The summed E-state index contributed by atoms with van der Waals surface area (Å²) in [4.78, 5) is 20.9. The zero-order chi connectivity index (χ0) is 19.3. The van der Waals surface area contributed by atoms with Crippen LogP contribution < -0.4 is 10.1 Å². The van der Waals surface area contributed by atoms with Crippen LogP contribution in [0.2, 0.25) is 0 Å². The summed E-state index contributed by atoms with van der Waals surface area (Å²) in [6, 6.07) is 5.94. The average Bonchev–Trinajstić information content (AvgIpc) is 2.58. The Hall–Kier alpha value is -2.47. The summed E-state index contributed by atoms with van der Waals surface area (Å²) in [6.45, 7) is 6.46. The molecule has 0 bridgehead atoms. The van der Waals surface area contributed by atoms with Gasteiger partial charge in [-0.15, -0.1) is 0 Å². The Morgan fingerprint density at radius 2 is 1.89 bits per heavy atom. The van der Waals surface area contributed by atoms with Crippen LogP contribution in [0.1, 0.15) is 38.3 Å². The Morgan fingerprint density at radius 1 is 1.19 bits per heavy atom. The highest BCUT2D eigenvalue weighted by molar-refractivity contribution is 5.76. The zero-order valence-electron chi connectivity index (χ0n) is 16.1. The van der Waals surface area contributed by atoms with Crippen LogP contribution >= 0.6 is 0 Å². The predicted octanol–water partition coefficient (Wildman–Crippen LogP) is 2.71. The van der Waals surface area contributed by atoms with Crippen molar-refractivity contribution >= 4 is 5.97 Å². The molecule has 1 saturated heterocycles. The molecule has 0 radical (unpaired) electrons. The van der Waals surface area contributed by atoms with Gasteiger partial charge in [0.05, 0.1) is 12.2 Å². The molecule has 1 aliphatic heterocycles. The second-order valence-corrected chi connectivity index (χ2v) is 7.81. The van der Waals surface area contributed by atoms with E-state index in [-0.39, 0.29) is 12.0 Å². The molecule has 3 rings (SSSR count). The zero-order valence-corrected chi connectivity index (χ0v) is 16.1. The highest BCUT2D eigenvalue weighted by atomic mass is 16.6. The Labute approximate surface area is 160 Å². The molecule has 144 valence electrons. The average molecular weight is 369 g/mol. The summed E-state index contributed by atoms with van der Waals surface area (Å²) in [6.07, 6.45) is 9.02. The predicted molar refractivity (Wildman–Crippen MR) is 103 cm³/mol. The van der Waals surface area contributed by atoms with Gasteiger partial charge in [-0.05, 0) is 75.9 Å². The van der Waals surface area contributed by atoms with Gasteiger partial charge in [0.25, 0.3) is 0 Å². The fourth-order valence-corrected chi connectivity index (χ4v) is 2.87. The summed E-state index contributed by atoms with van der Waals surface area (Å²) in [5.74, 6) is 0.244. The lowest BCUT2D eigenvalue weighted by Gasteiger charge is -2.35. The van der Waals surface area contributed by atoms with Gasteiger partial charge in [-0.3, -0.25) is 9.97 Å². The van der Waals surface area contributed by atoms with Crippen molar-refractivity contribution in [1.82, 2.24) is 15.3 Å². The third kappa shape index (κ3) is 5.76. The minimum absolute atomic E-state index is 0.0275. The van der Waals surface area contributed by atoms with Crippen molar-refractivity contribution in [2.45, 2.75) is 57.8 Å². The van der Waals surface area contributed by atoms with Crippen molar-refractivity contribution in [3.05, 3.63) is 54.1 Å². The number of carbonyl (C=O) groups excluding carboxylic acids is 1. The molecule has 3 heterocycles. The molecular weight excluding hydrogens is 342 g/mol. The van der Waals surface area contributed by atoms with Gasteiger partial charge in [-0.1, -0.05) is 0 Å². The molecule has 0 spiro atoms. The van der Waals surface area contributed by atoms with E-state index in [4.69, 9.17) is 9.47 Å². The molecule has 0 amide bonds. The van der Waals surface area contributed by atoms with Gasteiger partial charge in [0.2, 0.25) is 6.10 Å². The van der Waals surface area contributed by atoms with Crippen LogP contribution in [0.4, 0.5) is 0 Å². The maximum Gasteiger partial charge on any atom is 0.349 e. The molecule has 1 aliphatic rings. The normalized spacial score (nSPS) is 17.7. The molecular formula is C21H27N3O3. The van der Waals surface area contributed by atoms with E-state index in [0.29, 0.717) is 5.75 Å². The molecule has 0 aliphatic carbocycles. The second-order valence-electron chi connectivity index (χ2n) is 7.81. The van der Waals surface area contributed by atoms with Crippen LogP contribution in [0.3, 0.4) is 0 Å². The van der Waals surface area contributed by atoms with E-state index in [1.807, 2.05) is 45.2 Å². The van der Waals surface area contributed by atoms with Crippen molar-refractivity contribution in [3.63, 3.8) is 0 Å². The molecule has 0 aromatic carbocycles. The number of hydrogen-bond donors (Lipinski definition) is 1. The highest BCUT2D eigenvalue weighted by Gasteiger charge is 2.37. The number of ether oxygens (including phenoxy) is 2. The fraction of sp³-hybridized carbons (Fsp3) is 0.476. The minimum Gasteiger partial charge on any atom is -0.475 e. The number of aromatic nitrogens is 2. The number of nitrogens with zero attached hydrogens (tertiary/aromatic N) is 2. The highest BCUT2D eigenvalue weighted by Crippen LogP contribution is 2.21. The van der Waals surface area contributed by atoms with Crippen molar-refractivity contribution < 1.29 is 14.3 Å². The smallest absolute Gasteiger partial charge is 0.349 e. The van der Waals surface area contributed by atoms with Gasteiger partial charge in [0.1, 0.15) is 11.4 Å². The first-order chi connectivity index (χ1) is 12.9. The second kappa shape index (κ2) is 8.48. The number of esters is 1. The molecule has 6 nitrogen and oxygen atoms in total. The van der Waals surface area contributed by atoms with Gasteiger partial charge >= 0.3 is 5.97 Å². The van der Waals surface area contributed by atoms with Gasteiger partial charge < -0.3 is 14.8 Å². The van der Waals surface area contributed by atoms with Crippen LogP contribution in [0.25, 0.3) is 0 Å². The molecule has 0 saturated carbocycles. The number of carbonyl (C=O) groups is 1. The lowest BCUT2D eigenvalue weighted by Crippen LogP contribution is -2.57. The van der Waals surface area contributed by atoms with E-state index in [0.717, 1.165) is 31.4 Å². The van der Waals surface area contributed by atoms with Crippen LogP contribution in [0.15, 0.2) is 43.0 Å². The van der Waals surface area contributed by atoms with Gasteiger partial charge in [0.15, 0.2) is 0 Å². The first-order valence-corrected chi connectivity index (χ1v) is 9.36. The lowest BCUT2D eigenvalue weighted by molar-refractivity contribution is -0.165. The summed E-state index contributed by atoms with van der Waals surface area (Å²) in [7, 11) is 0. The molecule has 27 heavy (non-hydrogen) atoms. The van der Waals surface area contributed by atoms with Crippen LogP contribution in [0.5, 0.6) is 5.75 Å². The summed E-state index contributed by atoms with van der Waals surface area (Å²) >= 11 is 0. The standard InChI is InChI=1S/C21H27N3O3/c1-21(2,3)27-20(25)19(18-8-11-24-18)26-17-12-16(13-23-14-17)5-4-15-6-9-22-10-7-15/h6-7,9-10,12-14,18-19,24H,4-5,8,11H2,1-3H3/t18-,19?/m0/s1. The molecule has 2 aromatic rings. The van der Waals surface area contributed by atoms with E-state index in [1.165, 1.54) is 5.56 Å². The molecule has 2 atom stereocenters. The minimum atomic E-state index is -0.671. The van der Waals surface area contributed by atoms with E-state index in [2.05, 4.69) is 15.3 Å². The summed E-state index contributed by atoms with van der Waals surface area (Å²) < 4.78 is 11.5. The Bertz CT molecular complexity index is 755. The number of aryl methyl sites for hydroxylation is 2. The monoisotopic (exact) mass is 369 g/mol. The number of hydrogen-bond acceptors (Lipinski definition) is 6. The summed E-state index contributed by atoms with van der Waals surface area (Å²) in [5.41, 5.74) is 1.74. The third-order valence-electron chi connectivity index (χ3n) is 4.35. The van der Waals surface area contributed by atoms with Crippen LogP contribution in [0, 0.1) is 0 Å². The Morgan fingerprint density at radius 3 is 2.52 bits per heavy atom. The van der Waals surface area contributed by atoms with E-state index in [9.17, 15) is 4.79 Å². The topological polar surface area (TPSA) is 73.3 Å². The van der Waals surface area contributed by atoms with E-state index in [1.54, 1.807) is 18.6 Å². The van der Waals surface area contributed by atoms with E-state index < -0.39 is 11.7 Å². The number of nitrogens with one attached hydrogen (secondary N) is 1. The molecule has 1 unspecified atom stereocenters. The quantitative estimate of drug-likeness (QED) is 0.757. The summed E-state index contributed by atoms with van der Waals surface area (Å²) in [5, 5.41) is 3.24. The van der Waals surface area contributed by atoms with Gasteiger partial charge in [0, 0.05) is 18.6 Å². The molecule has 1 fully saturated rings. The first-order valence-electron chi connectivity index (χ1n) is 9.36. The fourth-order valence-electron chi connectivity index (χ4n) is 2.87. The number of pyridine rings is 2. The van der Waals surface area contributed by atoms with Gasteiger partial charge in [-0.25, -0.2) is 4.79 Å². The van der Waals surface area contributed by atoms with Crippen molar-refractivity contribution in [2.24, 2.45) is 0 Å². The third-order valence-corrected chi connectivity index (χ3v) is 4.35.